The highest BCUT2D eigenvalue weighted by Gasteiger charge is 2.33. The number of aliphatic hydroxyl groups is 2. The number of carbonyl (C=O) groups is 1. The quantitative estimate of drug-likeness (QED) is 0.682. The number of halogens is 1. The smallest absolute Gasteiger partial charge is 0.274 e. The van der Waals surface area contributed by atoms with Crippen LogP contribution in [0.2, 0.25) is 5.15 Å². The van der Waals surface area contributed by atoms with Gasteiger partial charge in [0.2, 0.25) is 0 Å². The molecule has 1 aliphatic rings. The highest BCUT2D eigenvalue weighted by molar-refractivity contribution is 6.29. The summed E-state index contributed by atoms with van der Waals surface area (Å²) in [5, 5.41) is 18.8. The minimum atomic E-state index is -0.899. The fourth-order valence-corrected chi connectivity index (χ4v) is 1.62. The Labute approximate surface area is 96.5 Å². The predicted octanol–water partition coefficient (Wildman–Crippen LogP) is -0.692. The molecule has 0 bridgehead atoms. The van der Waals surface area contributed by atoms with E-state index in [1.54, 1.807) is 0 Å². The maximum Gasteiger partial charge on any atom is 0.274 e. The first-order valence-corrected chi connectivity index (χ1v) is 5.08. The second kappa shape index (κ2) is 4.32. The monoisotopic (exact) mass is 243 g/mol. The van der Waals surface area contributed by atoms with Crippen LogP contribution in [0.3, 0.4) is 0 Å². The fraction of sp³-hybridized carbons (Fsp3) is 0.444. The van der Waals surface area contributed by atoms with E-state index in [9.17, 15) is 15.0 Å². The normalized spacial score (nSPS) is 24.8. The van der Waals surface area contributed by atoms with Gasteiger partial charge in [-0.05, 0) is 0 Å². The predicted molar refractivity (Wildman–Crippen MR) is 55.0 cm³/mol. The number of carbonyl (C=O) groups excluding carboxylic acids is 1. The summed E-state index contributed by atoms with van der Waals surface area (Å²) in [6, 6.07) is 0. The topological polar surface area (TPSA) is 86.6 Å². The zero-order chi connectivity index (χ0) is 11.7. The van der Waals surface area contributed by atoms with Crippen molar-refractivity contribution in [2.24, 2.45) is 0 Å². The molecule has 0 spiro atoms. The minimum absolute atomic E-state index is 0.101. The summed E-state index contributed by atoms with van der Waals surface area (Å²) >= 11 is 5.54. The van der Waals surface area contributed by atoms with Gasteiger partial charge in [-0.25, -0.2) is 9.97 Å². The van der Waals surface area contributed by atoms with Crippen LogP contribution in [-0.2, 0) is 0 Å². The molecule has 2 N–H and O–H groups in total. The van der Waals surface area contributed by atoms with Gasteiger partial charge in [0.15, 0.2) is 0 Å². The molecule has 16 heavy (non-hydrogen) atoms. The van der Waals surface area contributed by atoms with Gasteiger partial charge in [-0.2, -0.15) is 0 Å². The fourth-order valence-electron chi connectivity index (χ4n) is 1.52. The molecule has 0 aromatic carbocycles. The first-order valence-electron chi connectivity index (χ1n) is 4.71. The van der Waals surface area contributed by atoms with Gasteiger partial charge < -0.3 is 15.1 Å². The molecule has 2 rings (SSSR count). The maximum absolute atomic E-state index is 11.8. The Kier molecular flexibility index (Phi) is 3.04. The van der Waals surface area contributed by atoms with Gasteiger partial charge >= 0.3 is 0 Å². The van der Waals surface area contributed by atoms with E-state index in [2.05, 4.69) is 9.97 Å². The van der Waals surface area contributed by atoms with Crippen molar-refractivity contribution in [1.82, 2.24) is 14.9 Å². The summed E-state index contributed by atoms with van der Waals surface area (Å²) in [6.07, 6.45) is 0.743. The van der Waals surface area contributed by atoms with Gasteiger partial charge in [0.05, 0.1) is 24.6 Å². The molecule has 1 saturated heterocycles. The summed E-state index contributed by atoms with van der Waals surface area (Å²) in [6.45, 7) is 0.203. The van der Waals surface area contributed by atoms with E-state index in [0.717, 1.165) is 0 Å². The molecule has 1 fully saturated rings. The molecule has 6 nitrogen and oxygen atoms in total. The lowest BCUT2D eigenvalue weighted by Crippen LogP contribution is -2.30. The summed E-state index contributed by atoms with van der Waals surface area (Å²) in [4.78, 5) is 20.7. The average Bonchev–Trinajstić information content (AvgIpc) is 2.59. The van der Waals surface area contributed by atoms with Crippen molar-refractivity contribution in [2.75, 3.05) is 13.1 Å². The molecule has 1 aromatic heterocycles. The van der Waals surface area contributed by atoms with Crippen LogP contribution in [0.1, 0.15) is 10.5 Å². The van der Waals surface area contributed by atoms with Crippen LogP contribution in [-0.4, -0.2) is 56.3 Å². The van der Waals surface area contributed by atoms with Crippen LogP contribution >= 0.6 is 11.6 Å². The second-order valence-electron chi connectivity index (χ2n) is 3.57. The maximum atomic E-state index is 11.8. The Hall–Kier alpha value is -1.24. The molecule has 0 saturated carbocycles. The van der Waals surface area contributed by atoms with Crippen molar-refractivity contribution in [3.05, 3.63) is 23.2 Å². The molecule has 0 radical (unpaired) electrons. The van der Waals surface area contributed by atoms with Gasteiger partial charge in [-0.1, -0.05) is 11.6 Å². The molecule has 2 atom stereocenters. The van der Waals surface area contributed by atoms with Crippen LogP contribution in [0.5, 0.6) is 0 Å². The van der Waals surface area contributed by atoms with E-state index >= 15 is 0 Å². The third kappa shape index (κ3) is 2.13. The molecular formula is C9H10ClN3O3. The minimum Gasteiger partial charge on any atom is -0.388 e. The first-order chi connectivity index (χ1) is 7.58. The standard InChI is InChI=1S/C9H10ClN3O3/c10-8-2-11-5(1-12-8)9(16)13-3-6(14)7(15)4-13/h1-2,6-7,14-15H,3-4H2/t6-,7+. The zero-order valence-electron chi connectivity index (χ0n) is 8.25. The van der Waals surface area contributed by atoms with Crippen LogP contribution < -0.4 is 0 Å². The lowest BCUT2D eigenvalue weighted by atomic mass is 10.3. The SMILES string of the molecule is O=C(c1cnc(Cl)cn1)N1C[C@@H](O)[C@@H](O)C1. The lowest BCUT2D eigenvalue weighted by Gasteiger charge is -2.13. The van der Waals surface area contributed by atoms with Crippen molar-refractivity contribution in [1.29, 1.82) is 0 Å². The van der Waals surface area contributed by atoms with E-state index < -0.39 is 12.2 Å². The number of likely N-dealkylation sites (tertiary alicyclic amines) is 1. The van der Waals surface area contributed by atoms with Gasteiger partial charge in [-0.3, -0.25) is 4.79 Å². The third-order valence-corrected chi connectivity index (χ3v) is 2.58. The Morgan fingerprint density at radius 2 is 1.94 bits per heavy atom. The highest BCUT2D eigenvalue weighted by Crippen LogP contribution is 2.13. The van der Waals surface area contributed by atoms with Crippen molar-refractivity contribution < 1.29 is 15.0 Å². The summed E-state index contributed by atoms with van der Waals surface area (Å²) in [5.74, 6) is -0.375. The zero-order valence-corrected chi connectivity index (χ0v) is 9.00. The Balaban J connectivity index is 2.11. The molecule has 7 heteroatoms. The Bertz CT molecular complexity index is 387. The molecule has 1 aliphatic heterocycles. The molecule has 1 amide bonds. The van der Waals surface area contributed by atoms with Crippen LogP contribution in [0, 0.1) is 0 Å². The molecular weight excluding hydrogens is 234 g/mol. The van der Waals surface area contributed by atoms with Crippen molar-refractivity contribution in [3.8, 4) is 0 Å². The number of rotatable bonds is 1. The van der Waals surface area contributed by atoms with Gasteiger partial charge in [0, 0.05) is 13.1 Å². The van der Waals surface area contributed by atoms with Gasteiger partial charge in [0.25, 0.3) is 5.91 Å². The molecule has 0 unspecified atom stereocenters. The molecule has 2 heterocycles. The highest BCUT2D eigenvalue weighted by atomic mass is 35.5. The van der Waals surface area contributed by atoms with E-state index in [1.807, 2.05) is 0 Å². The van der Waals surface area contributed by atoms with E-state index in [0.29, 0.717) is 0 Å². The third-order valence-electron chi connectivity index (χ3n) is 2.39. The number of aliphatic hydroxyl groups excluding tert-OH is 2. The largest absolute Gasteiger partial charge is 0.388 e. The number of hydrogen-bond donors (Lipinski definition) is 2. The Morgan fingerprint density at radius 1 is 1.31 bits per heavy atom. The number of aromatic nitrogens is 2. The van der Waals surface area contributed by atoms with E-state index in [1.165, 1.54) is 17.3 Å². The average molecular weight is 244 g/mol. The van der Waals surface area contributed by atoms with Crippen molar-refractivity contribution >= 4 is 17.5 Å². The first kappa shape index (κ1) is 11.3. The number of nitrogens with zero attached hydrogens (tertiary/aromatic N) is 3. The molecule has 0 aliphatic carbocycles. The Morgan fingerprint density at radius 3 is 2.44 bits per heavy atom. The van der Waals surface area contributed by atoms with Crippen molar-refractivity contribution in [3.63, 3.8) is 0 Å². The van der Waals surface area contributed by atoms with Gasteiger partial charge in [-0.15, -0.1) is 0 Å². The van der Waals surface area contributed by atoms with Gasteiger partial charge in [0.1, 0.15) is 10.8 Å². The number of amides is 1. The number of β-amino-alcohol motifs (C(OH)–C–C–N with tert-alkyl or cyclic N) is 2. The second-order valence-corrected chi connectivity index (χ2v) is 3.96. The van der Waals surface area contributed by atoms with Crippen molar-refractivity contribution in [2.45, 2.75) is 12.2 Å². The molecule has 86 valence electrons. The summed E-state index contributed by atoms with van der Waals surface area (Å²) < 4.78 is 0. The van der Waals surface area contributed by atoms with Crippen LogP contribution in [0.25, 0.3) is 0 Å². The summed E-state index contributed by atoms with van der Waals surface area (Å²) in [5.41, 5.74) is 0.144. The van der Waals surface area contributed by atoms with E-state index in [-0.39, 0.29) is 29.8 Å². The van der Waals surface area contributed by atoms with E-state index in [4.69, 9.17) is 11.6 Å². The van der Waals surface area contributed by atoms with Crippen LogP contribution in [0.4, 0.5) is 0 Å². The lowest BCUT2D eigenvalue weighted by molar-refractivity contribution is 0.0572. The molecule has 1 aromatic rings. The number of hydrogen-bond acceptors (Lipinski definition) is 5. The van der Waals surface area contributed by atoms with Crippen LogP contribution in [0.15, 0.2) is 12.4 Å². The summed E-state index contributed by atoms with van der Waals surface area (Å²) in [7, 11) is 0.